The van der Waals surface area contributed by atoms with Crippen LogP contribution in [0.3, 0.4) is 0 Å². The topological polar surface area (TPSA) is 26.3 Å². The number of ether oxygens (including phenoxy) is 1. The minimum atomic E-state index is -3.72. The molecular weight excluding hydrogens is 237 g/mol. The number of hydrogen-bond donors (Lipinski definition) is 0. The van der Waals surface area contributed by atoms with Crippen LogP contribution in [-0.4, -0.2) is 18.0 Å². The van der Waals surface area contributed by atoms with Gasteiger partial charge < -0.3 is 4.74 Å². The first-order chi connectivity index (χ1) is 6.38. The van der Waals surface area contributed by atoms with E-state index >= 15 is 0 Å². The first-order valence-electron chi connectivity index (χ1n) is 3.99. The van der Waals surface area contributed by atoms with Gasteiger partial charge in [0.05, 0.1) is 6.61 Å². The molecule has 2 nitrogen and oxygen atoms in total. The van der Waals surface area contributed by atoms with Crippen LogP contribution in [0.15, 0.2) is 11.1 Å². The quantitative estimate of drug-likeness (QED) is 0.322. The number of rotatable bonds is 5. The molecule has 0 bridgehead atoms. The molecule has 14 heavy (non-hydrogen) atoms. The van der Waals surface area contributed by atoms with E-state index in [1.165, 1.54) is 0 Å². The number of carbonyl (C=O) groups excluding carboxylic acids is 1. The second-order valence-electron chi connectivity index (χ2n) is 2.51. The van der Waals surface area contributed by atoms with E-state index in [0.29, 0.717) is 12.5 Å². The molecular formula is C8H10Cl2F2O2. The molecule has 0 amide bonds. The number of carbonyl (C=O) groups is 1. The summed E-state index contributed by atoms with van der Waals surface area (Å²) in [7, 11) is 0. The highest BCUT2D eigenvalue weighted by atomic mass is 35.5. The van der Waals surface area contributed by atoms with Crippen LogP contribution >= 0.6 is 23.2 Å². The minimum Gasteiger partial charge on any atom is -0.462 e. The van der Waals surface area contributed by atoms with Crippen LogP contribution in [-0.2, 0) is 9.53 Å². The van der Waals surface area contributed by atoms with Gasteiger partial charge in [-0.25, -0.2) is 4.79 Å². The van der Waals surface area contributed by atoms with E-state index in [1.54, 1.807) is 0 Å². The number of unbranched alkanes of at least 4 members (excludes halogenated alkanes) is 1. The van der Waals surface area contributed by atoms with Crippen LogP contribution in [0.2, 0.25) is 0 Å². The van der Waals surface area contributed by atoms with Crippen molar-refractivity contribution >= 4 is 29.2 Å². The summed E-state index contributed by atoms with van der Waals surface area (Å²) in [6.45, 7) is 2.09. The standard InChI is InChI=1S/C8H10Cl2F2O2/c1-2-3-4-14-7(13)5-6(9)8(10,11)12/h5H,2-4H2,1H3/b6-5-. The Bertz CT molecular complexity index is 224. The highest BCUT2D eigenvalue weighted by molar-refractivity contribution is 6.39. The van der Waals surface area contributed by atoms with Gasteiger partial charge in [-0.2, -0.15) is 8.78 Å². The lowest BCUT2D eigenvalue weighted by atomic mass is 10.4. The number of alkyl halides is 3. The minimum absolute atomic E-state index is 0.184. The van der Waals surface area contributed by atoms with Crippen molar-refractivity contribution in [1.82, 2.24) is 0 Å². The molecule has 0 aromatic carbocycles. The lowest BCUT2D eigenvalue weighted by Crippen LogP contribution is -2.09. The van der Waals surface area contributed by atoms with Gasteiger partial charge in [0.25, 0.3) is 0 Å². The molecule has 6 heteroatoms. The maximum absolute atomic E-state index is 12.2. The maximum atomic E-state index is 12.2. The molecule has 0 rings (SSSR count). The Morgan fingerprint density at radius 2 is 2.14 bits per heavy atom. The van der Waals surface area contributed by atoms with Gasteiger partial charge in [0.15, 0.2) is 0 Å². The molecule has 0 aliphatic heterocycles. The summed E-state index contributed by atoms with van der Waals surface area (Å²) in [6.07, 6.45) is 2.00. The monoisotopic (exact) mass is 246 g/mol. The van der Waals surface area contributed by atoms with Gasteiger partial charge >= 0.3 is 11.4 Å². The lowest BCUT2D eigenvalue weighted by molar-refractivity contribution is -0.138. The molecule has 0 saturated heterocycles. The normalized spacial score (nSPS) is 12.8. The third-order valence-electron chi connectivity index (χ3n) is 1.26. The van der Waals surface area contributed by atoms with E-state index in [9.17, 15) is 13.6 Å². The largest absolute Gasteiger partial charge is 0.462 e. The van der Waals surface area contributed by atoms with Gasteiger partial charge in [0.2, 0.25) is 0 Å². The second kappa shape index (κ2) is 6.19. The third-order valence-corrected chi connectivity index (χ3v) is 1.90. The van der Waals surface area contributed by atoms with Crippen molar-refractivity contribution in [2.75, 3.05) is 6.61 Å². The molecule has 82 valence electrons. The molecule has 0 aliphatic carbocycles. The van der Waals surface area contributed by atoms with Crippen LogP contribution in [0.5, 0.6) is 0 Å². The highest BCUT2D eigenvalue weighted by Gasteiger charge is 2.30. The lowest BCUT2D eigenvalue weighted by Gasteiger charge is -2.05. The van der Waals surface area contributed by atoms with E-state index in [2.05, 4.69) is 16.3 Å². The van der Waals surface area contributed by atoms with E-state index in [4.69, 9.17) is 11.6 Å². The Morgan fingerprint density at radius 1 is 1.57 bits per heavy atom. The predicted octanol–water partition coefficient (Wildman–Crippen LogP) is 3.28. The van der Waals surface area contributed by atoms with Crippen LogP contribution < -0.4 is 0 Å². The van der Waals surface area contributed by atoms with E-state index < -0.39 is 16.4 Å². The van der Waals surface area contributed by atoms with Crippen molar-refractivity contribution in [3.05, 3.63) is 11.1 Å². The second-order valence-corrected chi connectivity index (χ2v) is 3.39. The smallest absolute Gasteiger partial charge is 0.358 e. The molecule has 0 fully saturated rings. The van der Waals surface area contributed by atoms with E-state index in [1.807, 2.05) is 6.92 Å². The highest BCUT2D eigenvalue weighted by Crippen LogP contribution is 2.31. The van der Waals surface area contributed by atoms with Crippen LogP contribution in [0.4, 0.5) is 8.78 Å². The van der Waals surface area contributed by atoms with Gasteiger partial charge in [-0.05, 0) is 18.0 Å². The molecule has 0 aromatic heterocycles. The van der Waals surface area contributed by atoms with Gasteiger partial charge in [-0.1, -0.05) is 24.9 Å². The zero-order valence-electron chi connectivity index (χ0n) is 7.53. The van der Waals surface area contributed by atoms with E-state index in [-0.39, 0.29) is 6.61 Å². The summed E-state index contributed by atoms with van der Waals surface area (Å²) in [6, 6.07) is 0. The van der Waals surface area contributed by atoms with Crippen molar-refractivity contribution in [1.29, 1.82) is 0 Å². The zero-order chi connectivity index (χ0) is 11.2. The van der Waals surface area contributed by atoms with Crippen molar-refractivity contribution in [2.45, 2.75) is 25.1 Å². The van der Waals surface area contributed by atoms with Crippen molar-refractivity contribution in [2.24, 2.45) is 0 Å². The van der Waals surface area contributed by atoms with E-state index in [0.717, 1.165) is 6.42 Å². The molecule has 0 heterocycles. The molecule has 0 saturated carbocycles. The van der Waals surface area contributed by atoms with Crippen LogP contribution in [0.1, 0.15) is 19.8 Å². The fourth-order valence-electron chi connectivity index (χ4n) is 0.544. The van der Waals surface area contributed by atoms with Gasteiger partial charge in [0.1, 0.15) is 5.03 Å². The van der Waals surface area contributed by atoms with Gasteiger partial charge in [0, 0.05) is 6.08 Å². The SMILES string of the molecule is CCCCOC(=O)/C=C(\Cl)C(F)(F)Cl. The summed E-state index contributed by atoms with van der Waals surface area (Å²) < 4.78 is 29.0. The molecule has 0 spiro atoms. The fourth-order valence-corrected chi connectivity index (χ4v) is 0.688. The Hall–Kier alpha value is -0.350. The Kier molecular flexibility index (Phi) is 6.04. The molecule has 0 aliphatic rings. The molecule has 0 aromatic rings. The molecule has 0 N–H and O–H groups in total. The van der Waals surface area contributed by atoms with Crippen molar-refractivity contribution in [3.8, 4) is 0 Å². The average Bonchev–Trinajstić information content (AvgIpc) is 2.03. The zero-order valence-corrected chi connectivity index (χ0v) is 9.04. The average molecular weight is 247 g/mol. The van der Waals surface area contributed by atoms with Crippen molar-refractivity contribution in [3.63, 3.8) is 0 Å². The number of hydrogen-bond acceptors (Lipinski definition) is 2. The number of esters is 1. The third kappa shape index (κ3) is 6.16. The summed E-state index contributed by atoms with van der Waals surface area (Å²) in [5.41, 5.74) is 0. The maximum Gasteiger partial charge on any atom is 0.358 e. The van der Waals surface area contributed by atoms with Gasteiger partial charge in [-0.15, -0.1) is 0 Å². The molecule has 0 unspecified atom stereocenters. The molecule has 0 radical (unpaired) electrons. The summed E-state index contributed by atoms with van der Waals surface area (Å²) >= 11 is 9.59. The fraction of sp³-hybridized carbons (Fsp3) is 0.625. The van der Waals surface area contributed by atoms with Crippen LogP contribution in [0, 0.1) is 0 Å². The number of allylic oxidation sites excluding steroid dienone is 1. The summed E-state index contributed by atoms with van der Waals surface area (Å²) in [5, 5.41) is -4.76. The Morgan fingerprint density at radius 3 is 2.57 bits per heavy atom. The summed E-state index contributed by atoms with van der Waals surface area (Å²) in [5.74, 6) is -0.913. The predicted molar refractivity (Wildman–Crippen MR) is 50.6 cm³/mol. The summed E-state index contributed by atoms with van der Waals surface area (Å²) in [4.78, 5) is 10.8. The first kappa shape index (κ1) is 13.7. The Balaban J connectivity index is 4.03. The number of halogens is 4. The molecule has 0 atom stereocenters. The van der Waals surface area contributed by atoms with Crippen molar-refractivity contribution < 1.29 is 18.3 Å². The van der Waals surface area contributed by atoms with Crippen LogP contribution in [0.25, 0.3) is 0 Å². The Labute approximate surface area is 90.8 Å². The van der Waals surface area contributed by atoms with Gasteiger partial charge in [-0.3, -0.25) is 0 Å². The first-order valence-corrected chi connectivity index (χ1v) is 4.74.